The second-order valence-electron chi connectivity index (χ2n) is 6.37. The Hall–Kier alpha value is -1.89. The maximum atomic E-state index is 4.55. The van der Waals surface area contributed by atoms with Crippen LogP contribution in [-0.2, 0) is 6.42 Å². The van der Waals surface area contributed by atoms with E-state index in [0.717, 1.165) is 49.7 Å². The number of nitrogens with one attached hydrogen (secondary N) is 1. The molecular formula is C18H24Cl2N6. The monoisotopic (exact) mass is 394 g/mol. The van der Waals surface area contributed by atoms with Gasteiger partial charge in [0.2, 0.25) is 5.95 Å². The number of H-pyrrole nitrogens is 1. The first-order valence-corrected chi connectivity index (χ1v) is 8.48. The van der Waals surface area contributed by atoms with Gasteiger partial charge in [-0.15, -0.1) is 24.8 Å². The summed E-state index contributed by atoms with van der Waals surface area (Å²) in [6.07, 6.45) is 4.57. The highest BCUT2D eigenvalue weighted by Crippen LogP contribution is 2.16. The van der Waals surface area contributed by atoms with Gasteiger partial charge < -0.3 is 9.88 Å². The van der Waals surface area contributed by atoms with Crippen LogP contribution in [0.1, 0.15) is 12.5 Å². The summed E-state index contributed by atoms with van der Waals surface area (Å²) in [5, 5.41) is 0. The number of rotatable bonds is 4. The minimum atomic E-state index is 0. The summed E-state index contributed by atoms with van der Waals surface area (Å²) in [4.78, 5) is 21.1. The van der Waals surface area contributed by atoms with Crippen LogP contribution in [0.5, 0.6) is 0 Å². The Morgan fingerprint density at radius 1 is 1.04 bits per heavy atom. The van der Waals surface area contributed by atoms with Crippen LogP contribution in [0.3, 0.4) is 0 Å². The van der Waals surface area contributed by atoms with Crippen molar-refractivity contribution in [3.05, 3.63) is 48.4 Å². The van der Waals surface area contributed by atoms with Gasteiger partial charge in [-0.25, -0.2) is 9.97 Å². The van der Waals surface area contributed by atoms with E-state index >= 15 is 0 Å². The van der Waals surface area contributed by atoms with Gasteiger partial charge in [0.25, 0.3) is 0 Å². The summed E-state index contributed by atoms with van der Waals surface area (Å²) < 4.78 is 0. The molecule has 8 heteroatoms. The van der Waals surface area contributed by atoms with E-state index in [9.17, 15) is 0 Å². The first-order valence-electron chi connectivity index (χ1n) is 8.48. The Balaban J connectivity index is 0.00000121. The van der Waals surface area contributed by atoms with E-state index in [-0.39, 0.29) is 24.8 Å². The van der Waals surface area contributed by atoms with Gasteiger partial charge in [0.15, 0.2) is 5.65 Å². The van der Waals surface area contributed by atoms with Crippen LogP contribution in [0.15, 0.2) is 42.9 Å². The van der Waals surface area contributed by atoms with Gasteiger partial charge in [0, 0.05) is 32.2 Å². The summed E-state index contributed by atoms with van der Waals surface area (Å²) in [6.45, 7) is 6.30. The number of aromatic amines is 1. The SMILES string of the molecule is CC(Cc1ccccc1)N1CCN(c2ncc3[nH]cnc3n2)CC1.Cl.Cl. The van der Waals surface area contributed by atoms with Crippen molar-refractivity contribution in [3.63, 3.8) is 0 Å². The van der Waals surface area contributed by atoms with Gasteiger partial charge in [0.1, 0.15) is 5.52 Å². The first-order chi connectivity index (χ1) is 11.8. The minimum Gasteiger partial charge on any atom is -0.342 e. The molecule has 0 aliphatic carbocycles. The highest BCUT2D eigenvalue weighted by Gasteiger charge is 2.23. The van der Waals surface area contributed by atoms with E-state index in [2.05, 4.69) is 67.0 Å². The topological polar surface area (TPSA) is 60.9 Å². The Morgan fingerprint density at radius 3 is 2.50 bits per heavy atom. The Kier molecular flexibility index (Phi) is 7.20. The van der Waals surface area contributed by atoms with Gasteiger partial charge >= 0.3 is 0 Å². The molecule has 6 nitrogen and oxygen atoms in total. The van der Waals surface area contributed by atoms with E-state index in [4.69, 9.17) is 0 Å². The van der Waals surface area contributed by atoms with E-state index in [0.29, 0.717) is 6.04 Å². The summed E-state index contributed by atoms with van der Waals surface area (Å²) in [5.74, 6) is 0.782. The number of anilines is 1. The number of benzene rings is 1. The molecular weight excluding hydrogens is 371 g/mol. The Labute approximate surface area is 165 Å². The number of fused-ring (bicyclic) bond motifs is 1. The van der Waals surface area contributed by atoms with Crippen molar-refractivity contribution in [2.24, 2.45) is 0 Å². The quantitative estimate of drug-likeness (QED) is 0.736. The normalized spacial score (nSPS) is 16.0. The van der Waals surface area contributed by atoms with Gasteiger partial charge in [0.05, 0.1) is 12.5 Å². The molecule has 1 atom stereocenters. The lowest BCUT2D eigenvalue weighted by Crippen LogP contribution is -2.50. The van der Waals surface area contributed by atoms with E-state index in [1.165, 1.54) is 5.56 Å². The molecule has 4 rings (SSSR count). The number of imidazole rings is 1. The zero-order valence-corrected chi connectivity index (χ0v) is 16.3. The molecule has 3 heterocycles. The lowest BCUT2D eigenvalue weighted by Gasteiger charge is -2.38. The fraction of sp³-hybridized carbons (Fsp3) is 0.389. The van der Waals surface area contributed by atoms with Crippen molar-refractivity contribution in [1.82, 2.24) is 24.8 Å². The second-order valence-corrected chi connectivity index (χ2v) is 6.37. The summed E-state index contributed by atoms with van der Waals surface area (Å²) in [7, 11) is 0. The first kappa shape index (κ1) is 20.4. The smallest absolute Gasteiger partial charge is 0.227 e. The molecule has 1 fully saturated rings. The van der Waals surface area contributed by atoms with Gasteiger partial charge in [-0.05, 0) is 18.9 Å². The third-order valence-corrected chi connectivity index (χ3v) is 4.76. The molecule has 1 unspecified atom stereocenters. The highest BCUT2D eigenvalue weighted by molar-refractivity contribution is 5.85. The fourth-order valence-corrected chi connectivity index (χ4v) is 3.33. The molecule has 1 aliphatic rings. The van der Waals surface area contributed by atoms with Gasteiger partial charge in [-0.1, -0.05) is 30.3 Å². The molecule has 0 radical (unpaired) electrons. The number of halogens is 2. The highest BCUT2D eigenvalue weighted by atomic mass is 35.5. The molecule has 0 spiro atoms. The lowest BCUT2D eigenvalue weighted by atomic mass is 10.1. The maximum absolute atomic E-state index is 4.55. The lowest BCUT2D eigenvalue weighted by molar-refractivity contribution is 0.195. The van der Waals surface area contributed by atoms with Crippen LogP contribution in [0, 0.1) is 0 Å². The molecule has 2 aromatic heterocycles. The van der Waals surface area contributed by atoms with E-state index < -0.39 is 0 Å². The standard InChI is InChI=1S/C18H22N6.2ClH/c1-14(11-15-5-3-2-4-6-15)23-7-9-24(10-8-23)18-19-12-16-17(22-18)21-13-20-16;;/h2-6,12-14H,7-11H2,1H3,(H,19,20,21,22);2*1H. The molecule has 1 aromatic carbocycles. The summed E-state index contributed by atoms with van der Waals surface area (Å²) in [6, 6.07) is 11.3. The number of piperazine rings is 1. The maximum Gasteiger partial charge on any atom is 0.227 e. The Morgan fingerprint density at radius 2 is 1.77 bits per heavy atom. The zero-order valence-electron chi connectivity index (χ0n) is 14.7. The third kappa shape index (κ3) is 4.44. The van der Waals surface area contributed by atoms with E-state index in [1.807, 2.05) is 6.20 Å². The average molecular weight is 395 g/mol. The molecule has 140 valence electrons. The van der Waals surface area contributed by atoms with Gasteiger partial charge in [-0.3, -0.25) is 4.90 Å². The summed E-state index contributed by atoms with van der Waals surface area (Å²) >= 11 is 0. The molecule has 0 saturated carbocycles. The van der Waals surface area contributed by atoms with Crippen molar-refractivity contribution in [3.8, 4) is 0 Å². The van der Waals surface area contributed by atoms with Crippen molar-refractivity contribution in [1.29, 1.82) is 0 Å². The Bertz CT molecular complexity index is 802. The van der Waals surface area contributed by atoms with Crippen LogP contribution in [0.25, 0.3) is 11.2 Å². The van der Waals surface area contributed by atoms with Crippen molar-refractivity contribution < 1.29 is 0 Å². The zero-order chi connectivity index (χ0) is 16.4. The average Bonchev–Trinajstić information content (AvgIpc) is 3.10. The number of aromatic nitrogens is 4. The fourth-order valence-electron chi connectivity index (χ4n) is 3.33. The predicted octanol–water partition coefficient (Wildman–Crippen LogP) is 2.95. The molecule has 1 saturated heterocycles. The molecule has 3 aromatic rings. The summed E-state index contributed by atoms with van der Waals surface area (Å²) in [5.41, 5.74) is 3.02. The second kappa shape index (κ2) is 9.16. The van der Waals surface area contributed by atoms with Crippen LogP contribution < -0.4 is 4.90 Å². The van der Waals surface area contributed by atoms with E-state index in [1.54, 1.807) is 6.33 Å². The number of hydrogen-bond donors (Lipinski definition) is 1. The molecule has 26 heavy (non-hydrogen) atoms. The molecule has 1 N–H and O–H groups in total. The van der Waals surface area contributed by atoms with Crippen molar-refractivity contribution in [2.75, 3.05) is 31.1 Å². The molecule has 0 amide bonds. The third-order valence-electron chi connectivity index (χ3n) is 4.76. The minimum absolute atomic E-state index is 0. The van der Waals surface area contributed by atoms with Crippen LogP contribution >= 0.6 is 24.8 Å². The number of nitrogens with zero attached hydrogens (tertiary/aromatic N) is 5. The number of hydrogen-bond acceptors (Lipinski definition) is 5. The van der Waals surface area contributed by atoms with Crippen molar-refractivity contribution in [2.45, 2.75) is 19.4 Å². The predicted molar refractivity (Wildman–Crippen MR) is 110 cm³/mol. The van der Waals surface area contributed by atoms with Crippen LogP contribution in [0.4, 0.5) is 5.95 Å². The van der Waals surface area contributed by atoms with Crippen molar-refractivity contribution >= 4 is 41.9 Å². The van der Waals surface area contributed by atoms with Crippen LogP contribution in [-0.4, -0.2) is 57.1 Å². The largest absolute Gasteiger partial charge is 0.342 e. The van der Waals surface area contributed by atoms with Crippen LogP contribution in [0.2, 0.25) is 0 Å². The molecule has 1 aliphatic heterocycles. The van der Waals surface area contributed by atoms with Gasteiger partial charge in [-0.2, -0.15) is 4.98 Å². The molecule has 0 bridgehead atoms.